The number of amides is 2. The van der Waals surface area contributed by atoms with E-state index in [1.54, 1.807) is 7.11 Å². The summed E-state index contributed by atoms with van der Waals surface area (Å²) < 4.78 is 5.54. The summed E-state index contributed by atoms with van der Waals surface area (Å²) in [5.41, 5.74) is 16.5. The first-order chi connectivity index (χ1) is 9.79. The Kier molecular flexibility index (Phi) is 4.11. The van der Waals surface area contributed by atoms with Crippen LogP contribution in [0.15, 0.2) is 0 Å². The van der Waals surface area contributed by atoms with E-state index in [1.165, 1.54) is 0 Å². The lowest BCUT2D eigenvalue weighted by molar-refractivity contribution is -0.00454. The Morgan fingerprint density at radius 2 is 2.00 bits per heavy atom. The van der Waals surface area contributed by atoms with Crippen LogP contribution in [0.4, 0.5) is 10.7 Å². The fraction of sp³-hybridized carbons (Fsp3) is 0.538. The molecular weight excluding hydrogens is 292 g/mol. The average Bonchev–Trinajstić information content (AvgIpc) is 2.77. The first-order valence-corrected chi connectivity index (χ1v) is 7.42. The third kappa shape index (κ3) is 2.81. The molecule has 0 aliphatic carbocycles. The Hall–Kier alpha value is -1.80. The summed E-state index contributed by atoms with van der Waals surface area (Å²) in [6.45, 7) is 3.36. The average molecular weight is 312 g/mol. The van der Waals surface area contributed by atoms with Crippen LogP contribution in [0.1, 0.15) is 39.8 Å². The van der Waals surface area contributed by atoms with E-state index >= 15 is 0 Å². The molecule has 2 rings (SSSR count). The lowest BCUT2D eigenvalue weighted by Crippen LogP contribution is -2.47. The molecule has 1 aliphatic heterocycles. The molecule has 8 heteroatoms. The topological polar surface area (TPSA) is 125 Å². The van der Waals surface area contributed by atoms with Gasteiger partial charge in [0.25, 0.3) is 11.8 Å². The summed E-state index contributed by atoms with van der Waals surface area (Å²) in [6, 6.07) is 0. The van der Waals surface area contributed by atoms with Gasteiger partial charge in [-0.15, -0.1) is 11.3 Å². The Morgan fingerprint density at radius 3 is 2.52 bits per heavy atom. The Morgan fingerprint density at radius 1 is 1.33 bits per heavy atom. The second-order valence-corrected chi connectivity index (χ2v) is 6.43. The highest BCUT2D eigenvalue weighted by atomic mass is 32.1. The number of nitrogen functional groups attached to an aromatic ring is 1. The minimum absolute atomic E-state index is 0.0692. The van der Waals surface area contributed by atoms with Crippen LogP contribution in [0.5, 0.6) is 0 Å². The molecule has 6 N–H and O–H groups in total. The fourth-order valence-electron chi connectivity index (χ4n) is 2.62. The van der Waals surface area contributed by atoms with Gasteiger partial charge in [0.15, 0.2) is 0 Å². The van der Waals surface area contributed by atoms with Gasteiger partial charge in [0, 0.05) is 20.2 Å². The highest BCUT2D eigenvalue weighted by Crippen LogP contribution is 2.40. The van der Waals surface area contributed by atoms with E-state index in [4.69, 9.17) is 21.9 Å². The van der Waals surface area contributed by atoms with E-state index in [-0.39, 0.29) is 21.7 Å². The minimum atomic E-state index is -0.657. The second-order valence-electron chi connectivity index (χ2n) is 5.43. The lowest BCUT2D eigenvalue weighted by atomic mass is 9.94. The van der Waals surface area contributed by atoms with Gasteiger partial charge in [0.05, 0.1) is 16.9 Å². The number of hydrogen-bond donors (Lipinski definition) is 3. The van der Waals surface area contributed by atoms with Crippen LogP contribution in [-0.2, 0) is 4.74 Å². The molecule has 1 aromatic rings. The molecule has 2 heterocycles. The maximum atomic E-state index is 11.7. The molecule has 1 atom stereocenters. The first-order valence-electron chi connectivity index (χ1n) is 6.61. The predicted octanol–water partition coefficient (Wildman–Crippen LogP) is 0.533. The SMILES string of the molecule is COC1(C)CCCN(c2sc(C(N)=O)c(N)c2C(N)=O)C1. The van der Waals surface area contributed by atoms with Crippen molar-refractivity contribution in [3.05, 3.63) is 10.4 Å². The first kappa shape index (κ1) is 15.6. The molecule has 0 aromatic carbocycles. The van der Waals surface area contributed by atoms with Crippen molar-refractivity contribution in [1.29, 1.82) is 0 Å². The number of nitrogens with zero attached hydrogens (tertiary/aromatic N) is 1. The summed E-state index contributed by atoms with van der Waals surface area (Å²) in [7, 11) is 1.66. The standard InChI is InChI=1S/C13H20N4O3S/c1-13(20-2)4-3-5-17(6-13)12-7(10(15)18)8(14)9(21-12)11(16)19/h3-6,14H2,1-2H3,(H2,15,18)(H2,16,19). The molecule has 1 saturated heterocycles. The van der Waals surface area contributed by atoms with Gasteiger partial charge in [-0.1, -0.05) is 0 Å². The number of carbonyl (C=O) groups is 2. The normalized spacial score (nSPS) is 22.3. The molecule has 1 fully saturated rings. The monoisotopic (exact) mass is 312 g/mol. The third-order valence-corrected chi connectivity index (χ3v) is 5.12. The summed E-state index contributed by atoms with van der Waals surface area (Å²) in [4.78, 5) is 25.3. The molecule has 2 amide bonds. The minimum Gasteiger partial charge on any atom is -0.397 e. The molecule has 116 valence electrons. The van der Waals surface area contributed by atoms with Crippen molar-refractivity contribution in [3.63, 3.8) is 0 Å². The third-order valence-electron chi connectivity index (χ3n) is 3.84. The zero-order valence-corrected chi connectivity index (χ0v) is 13.0. The summed E-state index contributed by atoms with van der Waals surface area (Å²) in [6.07, 6.45) is 1.84. The zero-order chi connectivity index (χ0) is 15.8. The molecule has 0 bridgehead atoms. The summed E-state index contributed by atoms with van der Waals surface area (Å²) >= 11 is 1.11. The van der Waals surface area contributed by atoms with Gasteiger partial charge in [-0.2, -0.15) is 0 Å². The Bertz CT molecular complexity index is 586. The number of rotatable bonds is 4. The molecule has 1 aromatic heterocycles. The van der Waals surface area contributed by atoms with Gasteiger partial charge in [-0.25, -0.2) is 0 Å². The van der Waals surface area contributed by atoms with Crippen LogP contribution >= 0.6 is 11.3 Å². The van der Waals surface area contributed by atoms with Crippen molar-refractivity contribution in [1.82, 2.24) is 0 Å². The molecule has 1 aliphatic rings. The second kappa shape index (κ2) is 5.53. The molecule has 7 nitrogen and oxygen atoms in total. The number of ether oxygens (including phenoxy) is 1. The van der Waals surface area contributed by atoms with E-state index in [1.807, 2.05) is 11.8 Å². The number of piperidine rings is 1. The van der Waals surface area contributed by atoms with E-state index in [2.05, 4.69) is 0 Å². The van der Waals surface area contributed by atoms with Crippen LogP contribution in [0.2, 0.25) is 0 Å². The van der Waals surface area contributed by atoms with Gasteiger partial charge in [-0.3, -0.25) is 9.59 Å². The fourth-order valence-corrected chi connectivity index (χ4v) is 3.72. The van der Waals surface area contributed by atoms with Gasteiger partial charge in [-0.05, 0) is 19.8 Å². The van der Waals surface area contributed by atoms with Gasteiger partial charge < -0.3 is 26.8 Å². The Labute approximate surface area is 127 Å². The van der Waals surface area contributed by atoms with Gasteiger partial charge >= 0.3 is 0 Å². The Balaban J connectivity index is 2.45. The predicted molar refractivity (Wildman–Crippen MR) is 82.6 cm³/mol. The van der Waals surface area contributed by atoms with Crippen molar-refractivity contribution < 1.29 is 14.3 Å². The maximum absolute atomic E-state index is 11.7. The number of carbonyl (C=O) groups excluding carboxylic acids is 2. The van der Waals surface area contributed by atoms with E-state index in [0.717, 1.165) is 30.7 Å². The summed E-state index contributed by atoms with van der Waals surface area (Å²) in [5.74, 6) is -1.31. The molecule has 1 unspecified atom stereocenters. The van der Waals surface area contributed by atoms with E-state index < -0.39 is 11.8 Å². The van der Waals surface area contributed by atoms with Crippen molar-refractivity contribution >= 4 is 33.8 Å². The number of hydrogen-bond acceptors (Lipinski definition) is 6. The van der Waals surface area contributed by atoms with Crippen LogP contribution in [0.25, 0.3) is 0 Å². The van der Waals surface area contributed by atoms with Crippen molar-refractivity contribution in [3.8, 4) is 0 Å². The van der Waals surface area contributed by atoms with Gasteiger partial charge in [0.2, 0.25) is 0 Å². The van der Waals surface area contributed by atoms with Crippen LogP contribution in [-0.4, -0.2) is 37.6 Å². The molecule has 0 radical (unpaired) electrons. The maximum Gasteiger partial charge on any atom is 0.260 e. The molecule has 0 saturated carbocycles. The quantitative estimate of drug-likeness (QED) is 0.748. The largest absolute Gasteiger partial charge is 0.397 e. The van der Waals surface area contributed by atoms with Crippen molar-refractivity contribution in [2.24, 2.45) is 11.5 Å². The van der Waals surface area contributed by atoms with E-state index in [0.29, 0.717) is 11.5 Å². The van der Waals surface area contributed by atoms with Crippen LogP contribution in [0, 0.1) is 0 Å². The zero-order valence-electron chi connectivity index (χ0n) is 12.1. The molecule has 0 spiro atoms. The number of anilines is 2. The van der Waals surface area contributed by atoms with Gasteiger partial charge in [0.1, 0.15) is 9.88 Å². The van der Waals surface area contributed by atoms with E-state index in [9.17, 15) is 9.59 Å². The summed E-state index contributed by atoms with van der Waals surface area (Å²) in [5, 5.41) is 0.594. The van der Waals surface area contributed by atoms with Crippen LogP contribution < -0.4 is 22.1 Å². The number of primary amides is 2. The lowest BCUT2D eigenvalue weighted by Gasteiger charge is -2.40. The highest BCUT2D eigenvalue weighted by Gasteiger charge is 2.34. The molecule has 21 heavy (non-hydrogen) atoms. The number of thiophene rings is 1. The number of nitrogens with two attached hydrogens (primary N) is 3. The highest BCUT2D eigenvalue weighted by molar-refractivity contribution is 7.19. The smallest absolute Gasteiger partial charge is 0.260 e. The number of methoxy groups -OCH3 is 1. The van der Waals surface area contributed by atoms with Crippen molar-refractivity contribution in [2.45, 2.75) is 25.4 Å². The molecular formula is C13H20N4O3S. The van der Waals surface area contributed by atoms with Crippen LogP contribution in [0.3, 0.4) is 0 Å². The van der Waals surface area contributed by atoms with Crippen molar-refractivity contribution in [2.75, 3.05) is 30.8 Å².